The predicted molar refractivity (Wildman–Crippen MR) is 134 cm³/mol. The molecule has 4 rings (SSSR count). The molecule has 3 nitrogen and oxygen atoms in total. The van der Waals surface area contributed by atoms with Gasteiger partial charge in [0.2, 0.25) is 0 Å². The fourth-order valence-electron chi connectivity index (χ4n) is 2.89. The van der Waals surface area contributed by atoms with E-state index in [1.165, 1.54) is 16.7 Å². The molecule has 31 heavy (non-hydrogen) atoms. The summed E-state index contributed by atoms with van der Waals surface area (Å²) in [6.07, 6.45) is 1.81. The average Bonchev–Trinajstić information content (AvgIpc) is 3.02. The van der Waals surface area contributed by atoms with Crippen LogP contribution in [0.4, 0.5) is 5.69 Å². The lowest BCUT2D eigenvalue weighted by molar-refractivity contribution is -0.113. The summed E-state index contributed by atoms with van der Waals surface area (Å²) in [5, 5.41) is 1.75. The van der Waals surface area contributed by atoms with E-state index in [1.54, 1.807) is 36.4 Å². The van der Waals surface area contributed by atoms with E-state index in [4.69, 9.17) is 51.8 Å². The number of ether oxygens (including phenoxy) is 1. The number of hydrogen-bond acceptors (Lipinski definition) is 4. The van der Waals surface area contributed by atoms with Crippen LogP contribution in [-0.4, -0.2) is 10.2 Å². The molecule has 3 aromatic carbocycles. The van der Waals surface area contributed by atoms with Gasteiger partial charge in [-0.25, -0.2) is 0 Å². The molecule has 0 radical (unpaired) electrons. The minimum atomic E-state index is -0.157. The van der Waals surface area contributed by atoms with E-state index in [0.29, 0.717) is 42.3 Å². The van der Waals surface area contributed by atoms with Gasteiger partial charge < -0.3 is 4.74 Å². The van der Waals surface area contributed by atoms with Gasteiger partial charge in [-0.05, 0) is 60.2 Å². The number of thioether (sulfide) groups is 1. The third-order valence-corrected chi connectivity index (χ3v) is 6.61. The van der Waals surface area contributed by atoms with Crippen molar-refractivity contribution in [3.8, 4) is 5.75 Å². The van der Waals surface area contributed by atoms with Gasteiger partial charge >= 0.3 is 0 Å². The Morgan fingerprint density at radius 3 is 2.29 bits per heavy atom. The molecule has 3 aromatic rings. The van der Waals surface area contributed by atoms with Crippen molar-refractivity contribution in [2.24, 2.45) is 0 Å². The molecular weight excluding hydrogens is 493 g/mol. The predicted octanol–water partition coefficient (Wildman–Crippen LogP) is 7.63. The number of hydrogen-bond donors (Lipinski definition) is 0. The summed E-state index contributed by atoms with van der Waals surface area (Å²) in [6, 6.07) is 19.8. The maximum Gasteiger partial charge on any atom is 0.270 e. The Bertz CT molecular complexity index is 1180. The van der Waals surface area contributed by atoms with Gasteiger partial charge in [0, 0.05) is 20.6 Å². The zero-order valence-electron chi connectivity index (χ0n) is 15.8. The fourth-order valence-corrected chi connectivity index (χ4v) is 4.78. The first-order valence-corrected chi connectivity index (χ1v) is 11.5. The van der Waals surface area contributed by atoms with Crippen LogP contribution in [0.5, 0.6) is 5.75 Å². The molecule has 1 heterocycles. The van der Waals surface area contributed by atoms with Crippen molar-refractivity contribution in [2.75, 3.05) is 4.90 Å². The van der Waals surface area contributed by atoms with Gasteiger partial charge in [-0.3, -0.25) is 9.69 Å². The van der Waals surface area contributed by atoms with Crippen LogP contribution in [0.1, 0.15) is 11.1 Å². The summed E-state index contributed by atoms with van der Waals surface area (Å²) in [5.41, 5.74) is 2.41. The van der Waals surface area contributed by atoms with Gasteiger partial charge in [-0.2, -0.15) is 0 Å². The first-order valence-electron chi connectivity index (χ1n) is 9.11. The molecule has 0 spiro atoms. The Morgan fingerprint density at radius 1 is 0.935 bits per heavy atom. The highest BCUT2D eigenvalue weighted by Crippen LogP contribution is 2.36. The van der Waals surface area contributed by atoms with Gasteiger partial charge in [0.1, 0.15) is 12.4 Å². The van der Waals surface area contributed by atoms with Crippen LogP contribution in [-0.2, 0) is 11.4 Å². The van der Waals surface area contributed by atoms with Crippen molar-refractivity contribution < 1.29 is 9.53 Å². The van der Waals surface area contributed by atoms with E-state index in [-0.39, 0.29) is 5.91 Å². The van der Waals surface area contributed by atoms with Crippen molar-refractivity contribution in [3.63, 3.8) is 0 Å². The Labute approximate surface area is 204 Å². The average molecular weight is 507 g/mol. The summed E-state index contributed by atoms with van der Waals surface area (Å²) in [4.78, 5) is 14.9. The second kappa shape index (κ2) is 9.63. The van der Waals surface area contributed by atoms with Gasteiger partial charge in [0.05, 0.1) is 10.6 Å². The number of rotatable bonds is 5. The lowest BCUT2D eigenvalue weighted by Gasteiger charge is -2.14. The smallest absolute Gasteiger partial charge is 0.270 e. The summed E-state index contributed by atoms with van der Waals surface area (Å²) in [7, 11) is 0. The number of carbonyl (C=O) groups excluding carboxylic acids is 1. The highest BCUT2D eigenvalue weighted by molar-refractivity contribution is 8.27. The zero-order valence-corrected chi connectivity index (χ0v) is 19.8. The minimum absolute atomic E-state index is 0.157. The number of nitrogens with zero attached hydrogens (tertiary/aromatic N) is 1. The second-order valence-electron chi connectivity index (χ2n) is 6.59. The quantitative estimate of drug-likeness (QED) is 0.263. The molecule has 0 unspecified atom stereocenters. The van der Waals surface area contributed by atoms with Crippen LogP contribution in [0.2, 0.25) is 15.1 Å². The van der Waals surface area contributed by atoms with Crippen molar-refractivity contribution in [1.82, 2.24) is 0 Å². The molecule has 1 fully saturated rings. The van der Waals surface area contributed by atoms with E-state index in [1.807, 2.05) is 36.4 Å². The summed E-state index contributed by atoms with van der Waals surface area (Å²) in [6.45, 7) is 0.328. The molecule has 0 aliphatic carbocycles. The molecule has 0 saturated carbocycles. The number of benzene rings is 3. The molecule has 1 aliphatic rings. The topological polar surface area (TPSA) is 29.5 Å². The minimum Gasteiger partial charge on any atom is -0.489 e. The fraction of sp³-hybridized carbons (Fsp3) is 0.0435. The molecule has 0 N–H and O–H groups in total. The second-order valence-corrected chi connectivity index (χ2v) is 9.54. The Hall–Kier alpha value is -2.02. The summed E-state index contributed by atoms with van der Waals surface area (Å²) in [5.74, 6) is 0.534. The Balaban J connectivity index is 1.45. The molecule has 1 aliphatic heterocycles. The van der Waals surface area contributed by atoms with E-state index >= 15 is 0 Å². The maximum atomic E-state index is 12.9. The van der Waals surface area contributed by atoms with Crippen LogP contribution in [0.15, 0.2) is 71.6 Å². The van der Waals surface area contributed by atoms with E-state index < -0.39 is 0 Å². The monoisotopic (exact) mass is 505 g/mol. The summed E-state index contributed by atoms with van der Waals surface area (Å²) >= 11 is 24.7. The van der Waals surface area contributed by atoms with Gasteiger partial charge in [0.25, 0.3) is 5.91 Å². The Kier molecular flexibility index (Phi) is 6.89. The third-order valence-electron chi connectivity index (χ3n) is 4.47. The van der Waals surface area contributed by atoms with Crippen LogP contribution in [0.25, 0.3) is 6.08 Å². The van der Waals surface area contributed by atoms with E-state index in [9.17, 15) is 4.79 Å². The first kappa shape index (κ1) is 22.2. The first-order chi connectivity index (χ1) is 14.9. The number of anilines is 1. The lowest BCUT2D eigenvalue weighted by atomic mass is 10.2. The van der Waals surface area contributed by atoms with Crippen molar-refractivity contribution in [1.29, 1.82) is 0 Å². The van der Waals surface area contributed by atoms with E-state index in [2.05, 4.69) is 0 Å². The highest BCUT2D eigenvalue weighted by Gasteiger charge is 2.33. The summed E-state index contributed by atoms with van der Waals surface area (Å²) < 4.78 is 6.28. The SMILES string of the molecule is O=C1/C(=C/c2ccc(OCc3ccc(Cl)cc3Cl)cc2)SC(=S)N1c1ccc(Cl)cc1. The molecular formula is C23H14Cl3NO2S2. The molecule has 1 saturated heterocycles. The van der Waals surface area contributed by atoms with Gasteiger partial charge in [-0.1, -0.05) is 77.0 Å². The maximum absolute atomic E-state index is 12.9. The van der Waals surface area contributed by atoms with Crippen molar-refractivity contribution in [3.05, 3.63) is 97.8 Å². The molecule has 156 valence electrons. The van der Waals surface area contributed by atoms with Gasteiger partial charge in [0.15, 0.2) is 4.32 Å². The molecule has 0 aromatic heterocycles. The molecule has 0 atom stereocenters. The lowest BCUT2D eigenvalue weighted by Crippen LogP contribution is -2.27. The molecule has 1 amide bonds. The molecule has 8 heteroatoms. The standard InChI is InChI=1S/C23H14Cl3NO2S2/c24-16-5-7-18(8-6-16)27-22(28)21(31-23(27)30)11-14-1-9-19(10-2-14)29-13-15-3-4-17(25)12-20(15)26/h1-12H,13H2/b21-11-. The van der Waals surface area contributed by atoms with Crippen LogP contribution < -0.4 is 9.64 Å². The normalized spacial score (nSPS) is 15.1. The number of carbonyl (C=O) groups is 1. The largest absolute Gasteiger partial charge is 0.489 e. The van der Waals surface area contributed by atoms with E-state index in [0.717, 1.165) is 11.1 Å². The van der Waals surface area contributed by atoms with Crippen molar-refractivity contribution >= 4 is 80.8 Å². The van der Waals surface area contributed by atoms with Crippen LogP contribution in [0, 0.1) is 0 Å². The third kappa shape index (κ3) is 5.25. The Morgan fingerprint density at radius 2 is 1.61 bits per heavy atom. The van der Waals surface area contributed by atoms with Crippen LogP contribution >= 0.6 is 58.8 Å². The highest BCUT2D eigenvalue weighted by atomic mass is 35.5. The van der Waals surface area contributed by atoms with Crippen LogP contribution in [0.3, 0.4) is 0 Å². The number of thiocarbonyl (C=S) groups is 1. The molecule has 0 bridgehead atoms. The number of amides is 1. The van der Waals surface area contributed by atoms with Crippen molar-refractivity contribution in [2.45, 2.75) is 6.61 Å². The number of halogens is 3. The van der Waals surface area contributed by atoms with Gasteiger partial charge in [-0.15, -0.1) is 0 Å². The zero-order chi connectivity index (χ0) is 22.0.